The normalized spacial score (nSPS) is 9.95. The highest BCUT2D eigenvalue weighted by atomic mass is 35.5. The molecule has 2 rings (SSSR count). The molecular weight excluding hydrogens is 260 g/mol. The average molecular weight is 273 g/mol. The van der Waals surface area contributed by atoms with E-state index >= 15 is 0 Å². The van der Waals surface area contributed by atoms with E-state index in [-0.39, 0.29) is 5.75 Å². The summed E-state index contributed by atoms with van der Waals surface area (Å²) in [7, 11) is 0. The minimum Gasteiger partial charge on any atom is -0.507 e. The Morgan fingerprint density at radius 2 is 2.11 bits per heavy atom. The first kappa shape index (κ1) is 13.3. The van der Waals surface area contributed by atoms with Crippen molar-refractivity contribution in [1.29, 1.82) is 5.26 Å². The molecule has 0 atom stereocenters. The summed E-state index contributed by atoms with van der Waals surface area (Å²) in [6.07, 6.45) is 0. The molecule has 0 unspecified atom stereocenters. The number of halogens is 1. The van der Waals surface area contributed by atoms with Crippen LogP contribution in [0.1, 0.15) is 16.7 Å². The van der Waals surface area contributed by atoms with Gasteiger partial charge in [0.2, 0.25) is 0 Å². The quantitative estimate of drug-likeness (QED) is 0.893. The van der Waals surface area contributed by atoms with Gasteiger partial charge in [0.05, 0.1) is 11.3 Å². The molecule has 0 fully saturated rings. The molecule has 0 aliphatic rings. The average Bonchev–Trinajstić information content (AvgIpc) is 2.40. The van der Waals surface area contributed by atoms with E-state index in [1.807, 2.05) is 25.1 Å². The van der Waals surface area contributed by atoms with Gasteiger partial charge in [-0.2, -0.15) is 5.26 Å². The first-order valence-corrected chi connectivity index (χ1v) is 6.20. The number of anilines is 1. The predicted molar refractivity (Wildman–Crippen MR) is 76.3 cm³/mol. The summed E-state index contributed by atoms with van der Waals surface area (Å²) in [6, 6.07) is 12.7. The van der Waals surface area contributed by atoms with Crippen molar-refractivity contribution < 1.29 is 5.11 Å². The number of rotatable bonds is 3. The van der Waals surface area contributed by atoms with E-state index in [4.69, 9.17) is 16.9 Å². The maximum atomic E-state index is 9.93. The Morgan fingerprint density at radius 3 is 2.84 bits per heavy atom. The summed E-state index contributed by atoms with van der Waals surface area (Å²) in [5.74, 6) is 0.274. The number of nitriles is 1. The molecule has 0 aromatic heterocycles. The number of hydrogen-bond donors (Lipinski definition) is 2. The standard InChI is InChI=1S/C15H13ClN2O/c1-10-3-2-4-12(15(10)19)9-18-14-7-13(16)6-5-11(14)8-17/h2-7,18-19H,9H2,1H3. The highest BCUT2D eigenvalue weighted by Crippen LogP contribution is 2.25. The lowest BCUT2D eigenvalue weighted by Gasteiger charge is -2.11. The molecule has 0 saturated heterocycles. The second-order valence-electron chi connectivity index (χ2n) is 4.24. The van der Waals surface area contributed by atoms with E-state index in [2.05, 4.69) is 11.4 Å². The molecule has 0 radical (unpaired) electrons. The van der Waals surface area contributed by atoms with Crippen LogP contribution in [0.2, 0.25) is 5.02 Å². The van der Waals surface area contributed by atoms with E-state index in [1.54, 1.807) is 18.2 Å². The van der Waals surface area contributed by atoms with Crippen LogP contribution in [0, 0.1) is 18.3 Å². The van der Waals surface area contributed by atoms with E-state index in [0.717, 1.165) is 11.1 Å². The van der Waals surface area contributed by atoms with Gasteiger partial charge in [0, 0.05) is 17.1 Å². The van der Waals surface area contributed by atoms with Crippen LogP contribution in [0.3, 0.4) is 0 Å². The number of nitrogens with one attached hydrogen (secondary N) is 1. The van der Waals surface area contributed by atoms with Gasteiger partial charge < -0.3 is 10.4 Å². The van der Waals surface area contributed by atoms with Gasteiger partial charge in [-0.05, 0) is 30.7 Å². The molecule has 2 N–H and O–H groups in total. The molecule has 19 heavy (non-hydrogen) atoms. The van der Waals surface area contributed by atoms with E-state index < -0.39 is 0 Å². The molecule has 96 valence electrons. The first-order valence-electron chi connectivity index (χ1n) is 5.83. The lowest BCUT2D eigenvalue weighted by Crippen LogP contribution is -2.02. The zero-order valence-electron chi connectivity index (χ0n) is 10.4. The molecule has 4 heteroatoms. The van der Waals surface area contributed by atoms with Crippen molar-refractivity contribution in [3.63, 3.8) is 0 Å². The Morgan fingerprint density at radius 1 is 1.32 bits per heavy atom. The van der Waals surface area contributed by atoms with Gasteiger partial charge in [-0.15, -0.1) is 0 Å². The largest absolute Gasteiger partial charge is 0.507 e. The molecule has 0 heterocycles. The summed E-state index contributed by atoms with van der Waals surface area (Å²) in [4.78, 5) is 0. The summed E-state index contributed by atoms with van der Waals surface area (Å²) in [5, 5.41) is 22.6. The van der Waals surface area contributed by atoms with Crippen molar-refractivity contribution in [3.05, 3.63) is 58.1 Å². The molecule has 0 bridgehead atoms. The zero-order chi connectivity index (χ0) is 13.8. The molecular formula is C15H13ClN2O. The van der Waals surface area contributed by atoms with Crippen molar-refractivity contribution >= 4 is 17.3 Å². The molecule has 2 aromatic rings. The third-order valence-corrected chi connectivity index (χ3v) is 3.13. The van der Waals surface area contributed by atoms with Crippen LogP contribution in [0.25, 0.3) is 0 Å². The number of benzene rings is 2. The molecule has 0 aliphatic heterocycles. The molecule has 2 aromatic carbocycles. The van der Waals surface area contributed by atoms with Crippen LogP contribution in [-0.4, -0.2) is 5.11 Å². The second-order valence-corrected chi connectivity index (χ2v) is 4.67. The van der Waals surface area contributed by atoms with Crippen LogP contribution < -0.4 is 5.32 Å². The number of hydrogen-bond acceptors (Lipinski definition) is 3. The third-order valence-electron chi connectivity index (χ3n) is 2.89. The van der Waals surface area contributed by atoms with Crippen molar-refractivity contribution in [2.45, 2.75) is 13.5 Å². The Bertz CT molecular complexity index is 647. The van der Waals surface area contributed by atoms with Gasteiger partial charge in [0.15, 0.2) is 0 Å². The van der Waals surface area contributed by atoms with Crippen molar-refractivity contribution in [1.82, 2.24) is 0 Å². The van der Waals surface area contributed by atoms with Crippen LogP contribution in [-0.2, 0) is 6.54 Å². The van der Waals surface area contributed by atoms with Crippen molar-refractivity contribution in [3.8, 4) is 11.8 Å². The third kappa shape index (κ3) is 2.98. The lowest BCUT2D eigenvalue weighted by molar-refractivity contribution is 0.465. The summed E-state index contributed by atoms with van der Waals surface area (Å²) < 4.78 is 0. The number of phenolic OH excluding ortho intramolecular Hbond substituents is 1. The molecule has 3 nitrogen and oxygen atoms in total. The maximum absolute atomic E-state index is 9.93. The molecule has 0 aliphatic carbocycles. The minimum absolute atomic E-state index is 0.274. The number of aromatic hydroxyl groups is 1. The van der Waals surface area contributed by atoms with E-state index in [9.17, 15) is 5.11 Å². The Balaban J connectivity index is 2.21. The Hall–Kier alpha value is -2.18. The highest BCUT2D eigenvalue weighted by molar-refractivity contribution is 6.30. The van der Waals surface area contributed by atoms with E-state index in [1.165, 1.54) is 0 Å². The van der Waals surface area contributed by atoms with Gasteiger partial charge in [0.1, 0.15) is 11.8 Å². The minimum atomic E-state index is 0.274. The first-order chi connectivity index (χ1) is 9.11. The fourth-order valence-electron chi connectivity index (χ4n) is 1.81. The fraction of sp³-hybridized carbons (Fsp3) is 0.133. The number of aryl methyl sites for hydroxylation is 1. The Kier molecular flexibility index (Phi) is 3.94. The molecule has 0 amide bonds. The van der Waals surface area contributed by atoms with Crippen LogP contribution in [0.15, 0.2) is 36.4 Å². The van der Waals surface area contributed by atoms with Crippen LogP contribution in [0.4, 0.5) is 5.69 Å². The summed E-state index contributed by atoms with van der Waals surface area (Å²) in [6.45, 7) is 2.28. The highest BCUT2D eigenvalue weighted by Gasteiger charge is 2.06. The number of phenols is 1. The monoisotopic (exact) mass is 272 g/mol. The van der Waals surface area contributed by atoms with Gasteiger partial charge in [-0.25, -0.2) is 0 Å². The van der Waals surface area contributed by atoms with Gasteiger partial charge in [-0.3, -0.25) is 0 Å². The fourth-order valence-corrected chi connectivity index (χ4v) is 1.99. The Labute approximate surface area is 117 Å². The SMILES string of the molecule is Cc1cccc(CNc2cc(Cl)ccc2C#N)c1O. The summed E-state index contributed by atoms with van der Waals surface area (Å²) in [5.41, 5.74) is 2.79. The molecule has 0 spiro atoms. The van der Waals surface area contributed by atoms with E-state index in [0.29, 0.717) is 22.8 Å². The number of para-hydroxylation sites is 1. The van der Waals surface area contributed by atoms with Gasteiger partial charge >= 0.3 is 0 Å². The zero-order valence-corrected chi connectivity index (χ0v) is 11.2. The van der Waals surface area contributed by atoms with Crippen LogP contribution >= 0.6 is 11.6 Å². The second kappa shape index (κ2) is 5.64. The lowest BCUT2D eigenvalue weighted by atomic mass is 10.1. The van der Waals surface area contributed by atoms with Crippen molar-refractivity contribution in [2.75, 3.05) is 5.32 Å². The maximum Gasteiger partial charge on any atom is 0.123 e. The van der Waals surface area contributed by atoms with Gasteiger partial charge in [-0.1, -0.05) is 29.8 Å². The van der Waals surface area contributed by atoms with Crippen molar-refractivity contribution in [2.24, 2.45) is 0 Å². The molecule has 0 saturated carbocycles. The topological polar surface area (TPSA) is 56.0 Å². The summed E-state index contributed by atoms with van der Waals surface area (Å²) >= 11 is 5.91. The predicted octanol–water partition coefficient (Wildman–Crippen LogP) is 3.84. The number of nitrogens with zero attached hydrogens (tertiary/aromatic N) is 1. The van der Waals surface area contributed by atoms with Gasteiger partial charge in [0.25, 0.3) is 0 Å². The smallest absolute Gasteiger partial charge is 0.123 e. The van der Waals surface area contributed by atoms with Crippen LogP contribution in [0.5, 0.6) is 5.75 Å².